The molecule has 0 aromatic carbocycles. The third kappa shape index (κ3) is 2.57. The Labute approximate surface area is 110 Å². The van der Waals surface area contributed by atoms with Crippen molar-refractivity contribution in [1.29, 1.82) is 0 Å². The minimum atomic E-state index is -0.368. The van der Waals surface area contributed by atoms with Crippen LogP contribution in [0.15, 0.2) is 23.0 Å². The summed E-state index contributed by atoms with van der Waals surface area (Å²) in [5, 5.41) is 16.2. The summed E-state index contributed by atoms with van der Waals surface area (Å²) in [5.74, 6) is 0.155. The van der Waals surface area contributed by atoms with E-state index in [0.29, 0.717) is 5.76 Å². The highest BCUT2D eigenvalue weighted by Gasteiger charge is 2.20. The molecule has 1 atom stereocenters. The molecule has 0 radical (unpaired) electrons. The first kappa shape index (κ1) is 13.1. The van der Waals surface area contributed by atoms with Crippen molar-refractivity contribution in [2.24, 2.45) is 0 Å². The minimum Gasteiger partial charge on any atom is -0.505 e. The van der Waals surface area contributed by atoms with E-state index < -0.39 is 0 Å². The van der Waals surface area contributed by atoms with Crippen LogP contribution in [-0.2, 0) is 0 Å². The maximum absolute atomic E-state index is 12.0. The summed E-state index contributed by atoms with van der Waals surface area (Å²) in [4.78, 5) is 15.8. The average Bonchev–Trinajstić information content (AvgIpc) is 2.69. The fourth-order valence-corrected chi connectivity index (χ4v) is 2.03. The van der Waals surface area contributed by atoms with Gasteiger partial charge in [0.05, 0.1) is 23.5 Å². The molecule has 1 amide bonds. The van der Waals surface area contributed by atoms with Crippen LogP contribution in [0.2, 0.25) is 0 Å². The van der Waals surface area contributed by atoms with Crippen molar-refractivity contribution in [2.45, 2.75) is 26.8 Å². The fourth-order valence-electron chi connectivity index (χ4n) is 2.03. The maximum Gasteiger partial charge on any atom is 0.255 e. The maximum atomic E-state index is 12.0. The number of rotatable bonds is 3. The Morgan fingerprint density at radius 1 is 1.47 bits per heavy atom. The van der Waals surface area contributed by atoms with Gasteiger partial charge in [0.25, 0.3) is 5.91 Å². The van der Waals surface area contributed by atoms with Crippen molar-refractivity contribution < 1.29 is 14.4 Å². The van der Waals surface area contributed by atoms with Gasteiger partial charge in [0, 0.05) is 11.8 Å². The molecule has 0 fully saturated rings. The second-order valence-electron chi connectivity index (χ2n) is 4.33. The van der Waals surface area contributed by atoms with E-state index in [-0.39, 0.29) is 23.3 Å². The number of nitrogens with one attached hydrogen (secondary N) is 1. The molecule has 6 nitrogen and oxygen atoms in total. The van der Waals surface area contributed by atoms with E-state index in [4.69, 9.17) is 4.52 Å². The van der Waals surface area contributed by atoms with Crippen molar-refractivity contribution in [1.82, 2.24) is 15.5 Å². The predicted octanol–water partition coefficient (Wildman–Crippen LogP) is 1.88. The number of nitrogens with zero attached hydrogens (tertiary/aromatic N) is 2. The summed E-state index contributed by atoms with van der Waals surface area (Å²) in [7, 11) is 0. The van der Waals surface area contributed by atoms with Gasteiger partial charge in [0.1, 0.15) is 11.5 Å². The van der Waals surface area contributed by atoms with Crippen molar-refractivity contribution in [2.75, 3.05) is 0 Å². The van der Waals surface area contributed by atoms with Crippen LogP contribution in [0, 0.1) is 13.8 Å². The van der Waals surface area contributed by atoms with Crippen LogP contribution in [0.5, 0.6) is 5.75 Å². The Morgan fingerprint density at radius 3 is 2.79 bits per heavy atom. The largest absolute Gasteiger partial charge is 0.505 e. The zero-order valence-corrected chi connectivity index (χ0v) is 11.0. The van der Waals surface area contributed by atoms with Crippen LogP contribution in [0.25, 0.3) is 0 Å². The third-order valence-corrected chi connectivity index (χ3v) is 2.91. The molecule has 0 spiro atoms. The molecule has 0 aliphatic carbocycles. The van der Waals surface area contributed by atoms with Crippen LogP contribution >= 0.6 is 0 Å². The number of aromatic hydroxyl groups is 1. The van der Waals surface area contributed by atoms with E-state index in [9.17, 15) is 9.90 Å². The number of hydrogen-bond donors (Lipinski definition) is 2. The lowest BCUT2D eigenvalue weighted by molar-refractivity contribution is 0.0937. The molecule has 2 aromatic heterocycles. The number of carbonyl (C=O) groups is 1. The fraction of sp³-hybridized carbons (Fsp3) is 0.308. The van der Waals surface area contributed by atoms with E-state index in [0.717, 1.165) is 11.3 Å². The molecular formula is C13H15N3O3. The first-order chi connectivity index (χ1) is 9.00. The Bertz CT molecular complexity index is 587. The zero-order chi connectivity index (χ0) is 14.0. The molecule has 100 valence electrons. The Balaban J connectivity index is 2.18. The standard InChI is InChI=1S/C13H15N3O3/c1-7(12-8(2)16-19-9(12)3)15-13(18)10-4-5-14-6-11(10)17/h4-7,17H,1-3H3,(H,15,18). The summed E-state index contributed by atoms with van der Waals surface area (Å²) < 4.78 is 5.07. The quantitative estimate of drug-likeness (QED) is 0.880. The highest BCUT2D eigenvalue weighted by Crippen LogP contribution is 2.22. The SMILES string of the molecule is Cc1noc(C)c1C(C)NC(=O)c1ccncc1O. The van der Waals surface area contributed by atoms with Gasteiger partial charge in [0.2, 0.25) is 0 Å². The Kier molecular flexibility index (Phi) is 3.50. The molecule has 0 aliphatic heterocycles. The van der Waals surface area contributed by atoms with Crippen molar-refractivity contribution in [3.8, 4) is 5.75 Å². The number of amides is 1. The molecule has 0 saturated carbocycles. The molecular weight excluding hydrogens is 246 g/mol. The molecule has 0 aliphatic rings. The van der Waals surface area contributed by atoms with Crippen molar-refractivity contribution in [3.63, 3.8) is 0 Å². The second-order valence-corrected chi connectivity index (χ2v) is 4.33. The summed E-state index contributed by atoms with van der Waals surface area (Å²) in [6.45, 7) is 5.45. The van der Waals surface area contributed by atoms with E-state index in [2.05, 4.69) is 15.5 Å². The molecule has 2 aromatic rings. The van der Waals surface area contributed by atoms with E-state index in [1.54, 1.807) is 6.92 Å². The first-order valence-corrected chi connectivity index (χ1v) is 5.87. The molecule has 2 N–H and O–H groups in total. The smallest absolute Gasteiger partial charge is 0.255 e. The third-order valence-electron chi connectivity index (χ3n) is 2.91. The normalized spacial score (nSPS) is 12.2. The van der Waals surface area contributed by atoms with Gasteiger partial charge in [-0.3, -0.25) is 9.78 Å². The van der Waals surface area contributed by atoms with Crippen LogP contribution in [-0.4, -0.2) is 21.2 Å². The number of aromatic nitrogens is 2. The highest BCUT2D eigenvalue weighted by molar-refractivity contribution is 5.96. The summed E-state index contributed by atoms with van der Waals surface area (Å²) >= 11 is 0. The number of aryl methyl sites for hydroxylation is 2. The van der Waals surface area contributed by atoms with Gasteiger partial charge in [-0.1, -0.05) is 5.16 Å². The summed E-state index contributed by atoms with van der Waals surface area (Å²) in [6, 6.07) is 1.20. The lowest BCUT2D eigenvalue weighted by Crippen LogP contribution is -2.27. The lowest BCUT2D eigenvalue weighted by Gasteiger charge is -2.14. The first-order valence-electron chi connectivity index (χ1n) is 5.87. The van der Waals surface area contributed by atoms with Crippen LogP contribution in [0.4, 0.5) is 0 Å². The molecule has 19 heavy (non-hydrogen) atoms. The number of carbonyl (C=O) groups excluding carboxylic acids is 1. The number of pyridine rings is 1. The summed E-state index contributed by atoms with van der Waals surface area (Å²) in [5.41, 5.74) is 1.78. The molecule has 6 heteroatoms. The molecule has 0 bridgehead atoms. The molecule has 0 saturated heterocycles. The number of hydrogen-bond acceptors (Lipinski definition) is 5. The van der Waals surface area contributed by atoms with Gasteiger partial charge in [-0.2, -0.15) is 0 Å². The van der Waals surface area contributed by atoms with Crippen molar-refractivity contribution in [3.05, 3.63) is 41.0 Å². The Morgan fingerprint density at radius 2 is 2.21 bits per heavy atom. The van der Waals surface area contributed by atoms with Crippen molar-refractivity contribution >= 4 is 5.91 Å². The molecule has 2 heterocycles. The van der Waals surface area contributed by atoms with Crippen LogP contribution in [0.3, 0.4) is 0 Å². The van der Waals surface area contributed by atoms with Gasteiger partial charge in [0.15, 0.2) is 0 Å². The van der Waals surface area contributed by atoms with Gasteiger partial charge < -0.3 is 14.9 Å². The molecule has 2 rings (SSSR count). The van der Waals surface area contributed by atoms with Gasteiger partial charge >= 0.3 is 0 Å². The predicted molar refractivity (Wildman–Crippen MR) is 67.8 cm³/mol. The molecule has 1 unspecified atom stereocenters. The average molecular weight is 261 g/mol. The van der Waals surface area contributed by atoms with Gasteiger partial charge in [-0.25, -0.2) is 0 Å². The zero-order valence-electron chi connectivity index (χ0n) is 11.0. The van der Waals surface area contributed by atoms with E-state index in [1.165, 1.54) is 18.5 Å². The van der Waals surface area contributed by atoms with E-state index >= 15 is 0 Å². The van der Waals surface area contributed by atoms with Crippen LogP contribution in [0.1, 0.15) is 40.3 Å². The van der Waals surface area contributed by atoms with Gasteiger partial charge in [-0.05, 0) is 26.8 Å². The lowest BCUT2D eigenvalue weighted by atomic mass is 10.1. The Hall–Kier alpha value is -2.37. The van der Waals surface area contributed by atoms with Crippen LogP contribution < -0.4 is 5.32 Å². The highest BCUT2D eigenvalue weighted by atomic mass is 16.5. The second kappa shape index (κ2) is 5.09. The van der Waals surface area contributed by atoms with E-state index in [1.807, 2.05) is 13.8 Å². The minimum absolute atomic E-state index is 0.147. The monoisotopic (exact) mass is 261 g/mol. The van der Waals surface area contributed by atoms with Gasteiger partial charge in [-0.15, -0.1) is 0 Å². The summed E-state index contributed by atoms with van der Waals surface area (Å²) in [6.07, 6.45) is 2.69. The topological polar surface area (TPSA) is 88.3 Å².